The highest BCUT2D eigenvalue weighted by molar-refractivity contribution is 6.36. The predicted octanol–water partition coefficient (Wildman–Crippen LogP) is 4.67. The summed E-state index contributed by atoms with van der Waals surface area (Å²) >= 11 is 6.44. The van der Waals surface area contributed by atoms with Gasteiger partial charge in [0.2, 0.25) is 11.8 Å². The van der Waals surface area contributed by atoms with E-state index in [1.807, 2.05) is 36.7 Å². The lowest BCUT2D eigenvalue weighted by molar-refractivity contribution is -0.136. The van der Waals surface area contributed by atoms with Crippen LogP contribution in [0.5, 0.6) is 0 Å². The molecule has 0 aliphatic carbocycles. The zero-order valence-electron chi connectivity index (χ0n) is 30.8. The third kappa shape index (κ3) is 6.87. The molecule has 0 spiro atoms. The van der Waals surface area contributed by atoms with Crippen molar-refractivity contribution < 1.29 is 14.4 Å². The molecule has 1 unspecified atom stereocenters. The summed E-state index contributed by atoms with van der Waals surface area (Å²) < 4.78 is 0. The number of hydrogen-bond acceptors (Lipinski definition) is 10. The number of rotatable bonds is 7. The van der Waals surface area contributed by atoms with Crippen molar-refractivity contribution in [3.63, 3.8) is 0 Å². The van der Waals surface area contributed by atoms with Crippen LogP contribution in [0.15, 0.2) is 48.9 Å². The molecule has 5 aliphatic rings. The van der Waals surface area contributed by atoms with Crippen molar-refractivity contribution in [3.8, 4) is 6.07 Å². The maximum atomic E-state index is 13.1. The van der Waals surface area contributed by atoms with Gasteiger partial charge in [-0.1, -0.05) is 11.6 Å². The number of H-pyrrole nitrogens is 1. The molecule has 5 aliphatic heterocycles. The first kappa shape index (κ1) is 35.5. The molecule has 14 heteroatoms. The van der Waals surface area contributed by atoms with Gasteiger partial charge in [-0.3, -0.25) is 29.6 Å². The number of nitrogens with zero attached hydrogens (tertiary/aromatic N) is 8. The van der Waals surface area contributed by atoms with E-state index >= 15 is 0 Å². The molecule has 3 amide bonds. The number of halogens is 1. The predicted molar refractivity (Wildman–Crippen MR) is 210 cm³/mol. The molecular weight excluding hydrogens is 716 g/mol. The van der Waals surface area contributed by atoms with E-state index in [1.165, 1.54) is 0 Å². The van der Waals surface area contributed by atoms with Crippen molar-refractivity contribution in [2.24, 2.45) is 5.92 Å². The number of imide groups is 1. The normalized spacial score (nSPS) is 21.7. The Morgan fingerprint density at radius 3 is 2.36 bits per heavy atom. The van der Waals surface area contributed by atoms with Crippen molar-refractivity contribution in [1.29, 1.82) is 5.26 Å². The van der Waals surface area contributed by atoms with Crippen LogP contribution in [0.2, 0.25) is 5.02 Å². The molecule has 4 aromatic rings. The van der Waals surface area contributed by atoms with Gasteiger partial charge in [-0.2, -0.15) is 5.26 Å². The van der Waals surface area contributed by atoms with Crippen LogP contribution in [0.4, 0.5) is 17.2 Å². The van der Waals surface area contributed by atoms with E-state index in [1.54, 1.807) is 11.1 Å². The zero-order chi connectivity index (χ0) is 37.6. The van der Waals surface area contributed by atoms with Crippen LogP contribution in [0.25, 0.3) is 10.9 Å². The standard InChI is InChI=1S/C41H45ClN10O3/c42-32-3-4-34(39-38(32)29(20-43)21-46-39)50-13-9-27(10-14-50)33-22-45-36(23-44-33)51-11-7-26(8-12-51)24-48-15-17-49(18-16-48)30-1-2-31-28(19-30)25-52(41(31)55)35-5-6-37(53)47-40(35)54/h1-4,19,21-23,26-27,35,46H,5-18,24-25H2,(H,47,53,54). The minimum Gasteiger partial charge on any atom is -0.370 e. The Morgan fingerprint density at radius 2 is 1.64 bits per heavy atom. The summed E-state index contributed by atoms with van der Waals surface area (Å²) in [6, 6.07) is 11.6. The number of benzene rings is 2. The van der Waals surface area contributed by atoms with Gasteiger partial charge in [0.1, 0.15) is 17.9 Å². The van der Waals surface area contributed by atoms with Crippen LogP contribution in [0.1, 0.15) is 71.6 Å². The Balaban J connectivity index is 0.724. The molecule has 4 saturated heterocycles. The highest BCUT2D eigenvalue weighted by Crippen LogP contribution is 2.37. The maximum Gasteiger partial charge on any atom is 0.255 e. The monoisotopic (exact) mass is 760 g/mol. The fourth-order valence-corrected chi connectivity index (χ4v) is 9.58. The Bertz CT molecular complexity index is 2160. The summed E-state index contributed by atoms with van der Waals surface area (Å²) in [5.74, 6) is 1.21. The van der Waals surface area contributed by atoms with E-state index in [4.69, 9.17) is 21.6 Å². The third-order valence-electron chi connectivity index (χ3n) is 12.5. The van der Waals surface area contributed by atoms with Crippen molar-refractivity contribution in [2.75, 3.05) is 73.6 Å². The van der Waals surface area contributed by atoms with Crippen molar-refractivity contribution >= 4 is 57.4 Å². The van der Waals surface area contributed by atoms with Gasteiger partial charge < -0.3 is 24.6 Å². The molecular formula is C41H45ClN10O3. The second-order valence-electron chi connectivity index (χ2n) is 15.7. The van der Waals surface area contributed by atoms with E-state index in [0.717, 1.165) is 124 Å². The van der Waals surface area contributed by atoms with Crippen molar-refractivity contribution in [1.82, 2.24) is 30.1 Å². The molecule has 0 bridgehead atoms. The number of aromatic amines is 1. The number of nitrogens with one attached hydrogen (secondary N) is 2. The fourth-order valence-electron chi connectivity index (χ4n) is 9.32. The van der Waals surface area contributed by atoms with Gasteiger partial charge >= 0.3 is 0 Å². The molecule has 1 atom stereocenters. The second kappa shape index (κ2) is 14.8. The Morgan fingerprint density at radius 1 is 0.855 bits per heavy atom. The average molecular weight is 761 g/mol. The number of amides is 3. The van der Waals surface area contributed by atoms with E-state index in [0.29, 0.717) is 41.0 Å². The van der Waals surface area contributed by atoms with Crippen LogP contribution in [-0.2, 0) is 16.1 Å². The fraction of sp³-hybridized carbons (Fsp3) is 0.463. The number of anilines is 3. The highest BCUT2D eigenvalue weighted by atomic mass is 35.5. The quantitative estimate of drug-likeness (QED) is 0.255. The zero-order valence-corrected chi connectivity index (χ0v) is 31.6. The first-order chi connectivity index (χ1) is 26.8. The van der Waals surface area contributed by atoms with Gasteiger partial charge in [0.25, 0.3) is 5.91 Å². The number of carbonyl (C=O) groups excluding carboxylic acids is 3. The minimum absolute atomic E-state index is 0.129. The number of hydrogen-bond donors (Lipinski definition) is 2. The Hall–Kier alpha value is -5.19. The van der Waals surface area contributed by atoms with Gasteiger partial charge in [0.15, 0.2) is 0 Å². The molecule has 7 heterocycles. The lowest BCUT2D eigenvalue weighted by Gasteiger charge is -2.40. The number of piperazine rings is 1. The SMILES string of the molecule is N#Cc1c[nH]c2c(N3CCC(c4cnc(N5CCC(CN6CCN(c7ccc8c(c7)CN(C7CCC(=O)NC7=O)C8=O)CC6)CC5)cn4)CC3)ccc(Cl)c12. The number of carbonyl (C=O) groups is 3. The number of aromatic nitrogens is 3. The molecule has 284 valence electrons. The van der Waals surface area contributed by atoms with Crippen LogP contribution >= 0.6 is 11.6 Å². The van der Waals surface area contributed by atoms with Crippen molar-refractivity contribution in [3.05, 3.63) is 76.3 Å². The topological polar surface area (TPSA) is 145 Å². The number of nitriles is 1. The van der Waals surface area contributed by atoms with Crippen LogP contribution < -0.4 is 20.0 Å². The molecule has 2 N–H and O–H groups in total. The van der Waals surface area contributed by atoms with Gasteiger partial charge in [-0.25, -0.2) is 4.98 Å². The molecule has 9 rings (SSSR count). The molecule has 0 radical (unpaired) electrons. The molecule has 0 saturated carbocycles. The highest BCUT2D eigenvalue weighted by Gasteiger charge is 2.39. The van der Waals surface area contributed by atoms with Crippen LogP contribution in [-0.4, -0.2) is 107 Å². The lowest BCUT2D eigenvalue weighted by atomic mass is 9.93. The van der Waals surface area contributed by atoms with Gasteiger partial charge in [0.05, 0.1) is 39.9 Å². The summed E-state index contributed by atoms with van der Waals surface area (Å²) in [4.78, 5) is 61.6. The summed E-state index contributed by atoms with van der Waals surface area (Å²) in [6.45, 7) is 9.16. The van der Waals surface area contributed by atoms with Gasteiger partial charge in [-0.15, -0.1) is 0 Å². The van der Waals surface area contributed by atoms with E-state index in [9.17, 15) is 19.6 Å². The van der Waals surface area contributed by atoms with E-state index < -0.39 is 6.04 Å². The number of piperidine rings is 3. The molecule has 2 aromatic heterocycles. The largest absolute Gasteiger partial charge is 0.370 e. The van der Waals surface area contributed by atoms with E-state index in [-0.39, 0.29) is 24.1 Å². The average Bonchev–Trinajstić information content (AvgIpc) is 3.80. The minimum atomic E-state index is -0.592. The summed E-state index contributed by atoms with van der Waals surface area (Å²) in [5, 5.41) is 13.3. The summed E-state index contributed by atoms with van der Waals surface area (Å²) in [6.07, 6.45) is 10.6. The maximum absolute atomic E-state index is 13.1. The summed E-state index contributed by atoms with van der Waals surface area (Å²) in [7, 11) is 0. The lowest BCUT2D eigenvalue weighted by Crippen LogP contribution is -2.52. The number of fused-ring (bicyclic) bond motifs is 2. The molecule has 13 nitrogen and oxygen atoms in total. The Labute approximate surface area is 325 Å². The van der Waals surface area contributed by atoms with Crippen LogP contribution in [0.3, 0.4) is 0 Å². The molecule has 4 fully saturated rings. The second-order valence-corrected chi connectivity index (χ2v) is 16.1. The van der Waals surface area contributed by atoms with Crippen LogP contribution in [0, 0.1) is 17.2 Å². The van der Waals surface area contributed by atoms with Crippen molar-refractivity contribution in [2.45, 2.75) is 57.0 Å². The smallest absolute Gasteiger partial charge is 0.255 e. The Kier molecular flexibility index (Phi) is 9.56. The molecule has 55 heavy (non-hydrogen) atoms. The third-order valence-corrected chi connectivity index (χ3v) is 12.8. The van der Waals surface area contributed by atoms with Gasteiger partial charge in [0, 0.05) is 101 Å². The first-order valence-corrected chi connectivity index (χ1v) is 20.0. The van der Waals surface area contributed by atoms with E-state index in [2.05, 4.69) is 42.0 Å². The van der Waals surface area contributed by atoms with Gasteiger partial charge in [-0.05, 0) is 73.9 Å². The summed E-state index contributed by atoms with van der Waals surface area (Å²) in [5.41, 5.74) is 6.37. The first-order valence-electron chi connectivity index (χ1n) is 19.6. The molecule has 2 aromatic carbocycles.